The average Bonchev–Trinajstić information content (AvgIpc) is 3.08. The Balaban J connectivity index is 1.63. The summed E-state index contributed by atoms with van der Waals surface area (Å²) < 4.78 is 11.4. The van der Waals surface area contributed by atoms with Crippen molar-refractivity contribution in [2.45, 2.75) is 117 Å². The number of ketones is 1. The number of aliphatic hydroxyl groups excluding tert-OH is 1. The first-order valence-corrected chi connectivity index (χ1v) is 14.7. The van der Waals surface area contributed by atoms with Gasteiger partial charge in [0.2, 0.25) is 0 Å². The number of Topliss-reactive ketones (excluding diaryl/α,β-unsaturated/α-hetero) is 1. The molecule has 0 aromatic heterocycles. The Hall–Kier alpha value is -1.73. The van der Waals surface area contributed by atoms with Crippen molar-refractivity contribution in [3.8, 4) is 0 Å². The van der Waals surface area contributed by atoms with Gasteiger partial charge in [-0.3, -0.25) is 14.4 Å². The van der Waals surface area contributed by atoms with Crippen molar-refractivity contribution in [1.82, 2.24) is 0 Å². The van der Waals surface area contributed by atoms with Gasteiger partial charge in [0.15, 0.2) is 0 Å². The van der Waals surface area contributed by atoms with E-state index in [0.29, 0.717) is 31.1 Å². The minimum atomic E-state index is -1.44. The molecule has 38 heavy (non-hydrogen) atoms. The number of hydrogen-bond donors (Lipinski definition) is 2. The van der Waals surface area contributed by atoms with Crippen molar-refractivity contribution in [1.29, 1.82) is 0 Å². The van der Waals surface area contributed by atoms with Gasteiger partial charge in [0.25, 0.3) is 0 Å². The lowest BCUT2D eigenvalue weighted by Gasteiger charge is -2.59. The molecule has 0 aromatic carbocycles. The highest BCUT2D eigenvalue weighted by molar-refractivity contribution is 5.82. The van der Waals surface area contributed by atoms with E-state index in [-0.39, 0.29) is 41.7 Å². The maximum atomic E-state index is 13.4. The highest BCUT2D eigenvalue weighted by atomic mass is 16.6. The zero-order valence-electron chi connectivity index (χ0n) is 24.1. The summed E-state index contributed by atoms with van der Waals surface area (Å²) >= 11 is 0. The van der Waals surface area contributed by atoms with Crippen LogP contribution >= 0.6 is 0 Å². The van der Waals surface area contributed by atoms with E-state index in [4.69, 9.17) is 9.47 Å². The van der Waals surface area contributed by atoms with E-state index in [1.165, 1.54) is 19.4 Å². The van der Waals surface area contributed by atoms with Crippen LogP contribution in [0.25, 0.3) is 0 Å². The van der Waals surface area contributed by atoms with Gasteiger partial charge >= 0.3 is 11.9 Å². The summed E-state index contributed by atoms with van der Waals surface area (Å²) in [4.78, 5) is 37.2. The van der Waals surface area contributed by atoms with Crippen LogP contribution in [-0.4, -0.2) is 52.4 Å². The predicted molar refractivity (Wildman–Crippen MR) is 143 cm³/mol. The lowest BCUT2D eigenvalue weighted by molar-refractivity contribution is -0.197. The molecule has 3 saturated carbocycles. The van der Waals surface area contributed by atoms with E-state index in [1.54, 1.807) is 6.92 Å². The highest BCUT2D eigenvalue weighted by Gasteiger charge is 2.70. The lowest BCUT2D eigenvalue weighted by Crippen LogP contribution is -2.61. The lowest BCUT2D eigenvalue weighted by atomic mass is 9.46. The minimum absolute atomic E-state index is 0.0207. The Kier molecular flexibility index (Phi) is 8.22. The van der Waals surface area contributed by atoms with Crippen LogP contribution in [-0.2, 0) is 23.9 Å². The number of allylic oxidation sites excluding steroid dienone is 1. The molecular formula is C31H48O7. The summed E-state index contributed by atoms with van der Waals surface area (Å²) in [5.74, 6) is -0.438. The molecule has 4 aliphatic carbocycles. The molecule has 2 N–H and O–H groups in total. The standard InChI is InChI=1S/C31H48O7/c1-18(17-32)7-10-27(35)19(2)31(36)28(38-21(4)34)16-26-24-9-8-22-15-23(37-20(3)33)11-13-29(22,5)25(24)12-14-30(26,31)6/h8,18-19,23-26,28,32,36H,7,9-17H2,1-6H3/t18-,19-,23+,24-,25+,26+,28-,29+,30+,31+/m1/s1. The topological polar surface area (TPSA) is 110 Å². The first-order chi connectivity index (χ1) is 17.8. The van der Waals surface area contributed by atoms with Crippen molar-refractivity contribution in [3.05, 3.63) is 11.6 Å². The van der Waals surface area contributed by atoms with E-state index in [1.807, 2.05) is 6.92 Å². The van der Waals surface area contributed by atoms with Crippen molar-refractivity contribution >= 4 is 17.7 Å². The molecule has 4 aliphatic rings. The first kappa shape index (κ1) is 29.3. The van der Waals surface area contributed by atoms with Crippen molar-refractivity contribution in [3.63, 3.8) is 0 Å². The number of rotatable bonds is 8. The number of aliphatic hydroxyl groups is 2. The summed E-state index contributed by atoms with van der Waals surface area (Å²) in [6, 6.07) is 0. The van der Waals surface area contributed by atoms with Crippen LogP contribution in [0, 0.1) is 40.4 Å². The van der Waals surface area contributed by atoms with Crippen LogP contribution in [0.1, 0.15) is 99.3 Å². The third-order valence-corrected chi connectivity index (χ3v) is 11.3. The second-order valence-corrected chi connectivity index (χ2v) is 13.4. The Morgan fingerprint density at radius 3 is 2.37 bits per heavy atom. The van der Waals surface area contributed by atoms with Gasteiger partial charge in [0.1, 0.15) is 23.6 Å². The predicted octanol–water partition coefficient (Wildman–Crippen LogP) is 4.77. The van der Waals surface area contributed by atoms with Crippen LogP contribution in [0.2, 0.25) is 0 Å². The largest absolute Gasteiger partial charge is 0.462 e. The maximum absolute atomic E-state index is 13.4. The van der Waals surface area contributed by atoms with Crippen molar-refractivity contribution in [2.24, 2.45) is 40.4 Å². The summed E-state index contributed by atoms with van der Waals surface area (Å²) in [5.41, 5.74) is -0.569. The number of hydrogen-bond acceptors (Lipinski definition) is 7. The van der Waals surface area contributed by atoms with Crippen molar-refractivity contribution < 1.29 is 34.1 Å². The van der Waals surface area contributed by atoms with Gasteiger partial charge < -0.3 is 19.7 Å². The second kappa shape index (κ2) is 10.7. The SMILES string of the molecule is CC(=O)O[C@H]1CC[C@@]2(C)C(=CC[C@@H]3[C@@H]2CC[C@@]2(C)[C@H]3C[C@@H](OC(C)=O)[C@@]2(O)[C@H](C)C(=O)CC[C@@H](C)CO)C1. The molecule has 3 fully saturated rings. The molecule has 0 heterocycles. The third-order valence-electron chi connectivity index (χ3n) is 11.3. The highest BCUT2D eigenvalue weighted by Crippen LogP contribution is 2.68. The van der Waals surface area contributed by atoms with Crippen LogP contribution in [0.3, 0.4) is 0 Å². The fourth-order valence-corrected chi connectivity index (χ4v) is 9.05. The first-order valence-electron chi connectivity index (χ1n) is 14.7. The molecule has 10 atom stereocenters. The van der Waals surface area contributed by atoms with E-state index in [2.05, 4.69) is 19.9 Å². The molecule has 0 saturated heterocycles. The summed E-state index contributed by atoms with van der Waals surface area (Å²) in [7, 11) is 0. The van der Waals surface area contributed by atoms with Crippen LogP contribution in [0.4, 0.5) is 0 Å². The Morgan fingerprint density at radius 1 is 1.05 bits per heavy atom. The van der Waals surface area contributed by atoms with Gasteiger partial charge in [-0.2, -0.15) is 0 Å². The average molecular weight is 533 g/mol. The number of fused-ring (bicyclic) bond motifs is 5. The minimum Gasteiger partial charge on any atom is -0.462 e. The Bertz CT molecular complexity index is 973. The van der Waals surface area contributed by atoms with E-state index in [9.17, 15) is 24.6 Å². The van der Waals surface area contributed by atoms with Gasteiger partial charge in [-0.25, -0.2) is 0 Å². The van der Waals surface area contributed by atoms with E-state index < -0.39 is 29.0 Å². The van der Waals surface area contributed by atoms with Gasteiger partial charge in [0.05, 0.1) is 0 Å². The quantitative estimate of drug-likeness (QED) is 0.342. The normalized spacial score (nSPS) is 41.6. The van der Waals surface area contributed by atoms with Gasteiger partial charge in [0, 0.05) is 44.6 Å². The van der Waals surface area contributed by atoms with Crippen LogP contribution in [0.15, 0.2) is 11.6 Å². The fraction of sp³-hybridized carbons (Fsp3) is 0.839. The van der Waals surface area contributed by atoms with Crippen LogP contribution < -0.4 is 0 Å². The number of ether oxygens (including phenoxy) is 2. The zero-order valence-corrected chi connectivity index (χ0v) is 24.1. The molecule has 0 unspecified atom stereocenters. The summed E-state index contributed by atoms with van der Waals surface area (Å²) in [6.45, 7) is 11.1. The number of esters is 2. The Labute approximate surface area is 227 Å². The zero-order chi connectivity index (χ0) is 28.0. The maximum Gasteiger partial charge on any atom is 0.303 e. The third kappa shape index (κ3) is 4.76. The molecule has 0 bridgehead atoms. The van der Waals surface area contributed by atoms with Gasteiger partial charge in [-0.1, -0.05) is 39.3 Å². The van der Waals surface area contributed by atoms with Crippen LogP contribution in [0.5, 0.6) is 0 Å². The molecule has 214 valence electrons. The molecule has 4 rings (SSSR count). The van der Waals surface area contributed by atoms with E-state index >= 15 is 0 Å². The van der Waals surface area contributed by atoms with Gasteiger partial charge in [-0.15, -0.1) is 0 Å². The fourth-order valence-electron chi connectivity index (χ4n) is 9.05. The molecule has 0 amide bonds. The number of carbonyl (C=O) groups is 3. The molecule has 0 aliphatic heterocycles. The number of carbonyl (C=O) groups excluding carboxylic acids is 3. The van der Waals surface area contributed by atoms with E-state index in [0.717, 1.165) is 38.5 Å². The molecule has 7 heteroatoms. The smallest absolute Gasteiger partial charge is 0.303 e. The molecule has 0 radical (unpaired) electrons. The van der Waals surface area contributed by atoms with Gasteiger partial charge in [-0.05, 0) is 74.0 Å². The molecule has 7 nitrogen and oxygen atoms in total. The molecular weight excluding hydrogens is 484 g/mol. The van der Waals surface area contributed by atoms with Crippen molar-refractivity contribution in [2.75, 3.05) is 6.61 Å². The monoisotopic (exact) mass is 532 g/mol. The Morgan fingerprint density at radius 2 is 1.74 bits per heavy atom. The summed E-state index contributed by atoms with van der Waals surface area (Å²) in [5, 5.41) is 21.9. The molecule has 0 spiro atoms. The molecule has 0 aromatic rings. The second-order valence-electron chi connectivity index (χ2n) is 13.4. The summed E-state index contributed by atoms with van der Waals surface area (Å²) in [6.07, 6.45) is 8.23.